The summed E-state index contributed by atoms with van der Waals surface area (Å²) in [6.45, 7) is 0.161. The minimum atomic E-state index is -0.668. The third-order valence-corrected chi connectivity index (χ3v) is 4.72. The van der Waals surface area contributed by atoms with Crippen LogP contribution >= 0.6 is 0 Å². The number of nitrogen functional groups attached to an aromatic ring is 2. The third kappa shape index (κ3) is 5.69. The van der Waals surface area contributed by atoms with E-state index in [4.69, 9.17) is 11.5 Å². The van der Waals surface area contributed by atoms with Crippen LogP contribution in [0.25, 0.3) is 22.6 Å². The van der Waals surface area contributed by atoms with Crippen LogP contribution in [0.3, 0.4) is 0 Å². The number of carbonyl (C=O) groups excluding carboxylic acids is 1. The molecule has 0 saturated carbocycles. The molecular weight excluding hydrogens is 475 g/mol. The summed E-state index contributed by atoms with van der Waals surface area (Å²) in [4.78, 5) is 25.9. The largest absolute Gasteiger partial charge is 0.452 e. The number of rotatable bonds is 4. The van der Waals surface area contributed by atoms with Crippen molar-refractivity contribution in [2.75, 3.05) is 43.0 Å². The van der Waals surface area contributed by atoms with Crippen molar-refractivity contribution in [3.8, 4) is 11.5 Å². The average Bonchev–Trinajstić information content (AvgIpc) is 3.17. The van der Waals surface area contributed by atoms with Gasteiger partial charge in [-0.2, -0.15) is 5.10 Å². The number of halogens is 1. The molecule has 0 atom stereocenters. The normalized spacial score (nSPS) is 10.7. The minimum Gasteiger partial charge on any atom is -0.452 e. The van der Waals surface area contributed by atoms with Crippen LogP contribution in [-0.4, -0.2) is 61.7 Å². The highest BCUT2D eigenvalue weighted by molar-refractivity contribution is 7.83. The van der Waals surface area contributed by atoms with Gasteiger partial charge in [-0.05, 0) is 18.2 Å². The van der Waals surface area contributed by atoms with Crippen molar-refractivity contribution in [1.82, 2.24) is 24.7 Å². The Bertz CT molecular complexity index is 1370. The zero-order chi connectivity index (χ0) is 25.7. The molecule has 184 valence electrons. The van der Waals surface area contributed by atoms with Crippen LogP contribution in [0.2, 0.25) is 0 Å². The molecule has 13 heteroatoms. The lowest BCUT2D eigenvalue weighted by atomic mass is 10.2. The molecule has 4 aromatic rings. The maximum Gasteiger partial charge on any atom is 0.413 e. The van der Waals surface area contributed by atoms with E-state index in [9.17, 15) is 13.4 Å². The second kappa shape index (κ2) is 10.9. The fourth-order valence-electron chi connectivity index (χ4n) is 3.24. The standard InChI is InChI=1S/C20H19FN8O2.C2H6OS/c1-28(20(30)31-2)15-16(22)25-18(26-17(15)23)14-12-7-5-9-24-19(12)29(27-14)10-11-6-3-4-8-13(11)21;1-4(2)3/h3-9H,10H2,1-2H3,(H4,22,23,25,26);1-2H3. The summed E-state index contributed by atoms with van der Waals surface area (Å²) in [6, 6.07) is 9.97. The first kappa shape index (κ1) is 25.5. The molecule has 0 unspecified atom stereocenters. The van der Waals surface area contributed by atoms with E-state index in [1.807, 2.05) is 0 Å². The monoisotopic (exact) mass is 500 g/mol. The first-order valence-corrected chi connectivity index (χ1v) is 12.2. The van der Waals surface area contributed by atoms with Gasteiger partial charge in [-0.3, -0.25) is 9.11 Å². The van der Waals surface area contributed by atoms with E-state index >= 15 is 0 Å². The van der Waals surface area contributed by atoms with Crippen molar-refractivity contribution in [2.24, 2.45) is 0 Å². The van der Waals surface area contributed by atoms with Gasteiger partial charge < -0.3 is 16.2 Å². The molecule has 1 amide bonds. The lowest BCUT2D eigenvalue weighted by Crippen LogP contribution is -2.28. The summed E-state index contributed by atoms with van der Waals surface area (Å²) >= 11 is 0. The quantitative estimate of drug-likeness (QED) is 0.430. The lowest BCUT2D eigenvalue weighted by molar-refractivity contribution is 0.180. The zero-order valence-corrected chi connectivity index (χ0v) is 20.4. The van der Waals surface area contributed by atoms with E-state index in [0.717, 1.165) is 4.90 Å². The highest BCUT2D eigenvalue weighted by Gasteiger charge is 2.23. The third-order valence-electron chi connectivity index (χ3n) is 4.72. The van der Waals surface area contributed by atoms with Crippen LogP contribution in [0.15, 0.2) is 42.6 Å². The summed E-state index contributed by atoms with van der Waals surface area (Å²) in [5, 5.41) is 5.20. The zero-order valence-electron chi connectivity index (χ0n) is 19.6. The topological polar surface area (TPSA) is 155 Å². The van der Waals surface area contributed by atoms with Crippen molar-refractivity contribution in [3.05, 3.63) is 54.0 Å². The number of aromatic nitrogens is 5. The second-order valence-electron chi connectivity index (χ2n) is 7.41. The Labute approximate surface area is 203 Å². The Hall–Kier alpha value is -4.13. The number of nitrogens with two attached hydrogens (primary N) is 2. The molecule has 0 aliphatic heterocycles. The summed E-state index contributed by atoms with van der Waals surface area (Å²) in [7, 11) is 2.07. The van der Waals surface area contributed by atoms with Crippen LogP contribution in [0.1, 0.15) is 5.56 Å². The molecule has 35 heavy (non-hydrogen) atoms. The lowest BCUT2D eigenvalue weighted by Gasteiger charge is -2.18. The van der Waals surface area contributed by atoms with Crippen LogP contribution < -0.4 is 16.4 Å². The molecular formula is C22H25FN8O3S. The van der Waals surface area contributed by atoms with E-state index in [-0.39, 0.29) is 35.5 Å². The van der Waals surface area contributed by atoms with E-state index in [2.05, 4.69) is 24.8 Å². The predicted octanol–water partition coefficient (Wildman–Crippen LogP) is 2.44. The van der Waals surface area contributed by atoms with Gasteiger partial charge >= 0.3 is 6.09 Å². The van der Waals surface area contributed by atoms with Crippen LogP contribution in [0.4, 0.5) is 26.5 Å². The molecule has 0 radical (unpaired) electrons. The van der Waals surface area contributed by atoms with E-state index in [0.29, 0.717) is 22.3 Å². The molecule has 0 aliphatic carbocycles. The van der Waals surface area contributed by atoms with Crippen molar-refractivity contribution >= 4 is 45.2 Å². The van der Waals surface area contributed by atoms with Crippen molar-refractivity contribution in [3.63, 3.8) is 0 Å². The molecule has 4 N–H and O–H groups in total. The Morgan fingerprint density at radius 2 is 1.77 bits per heavy atom. The molecule has 3 aromatic heterocycles. The number of nitrogens with zero attached hydrogens (tertiary/aromatic N) is 6. The number of carbonyl (C=O) groups is 1. The van der Waals surface area contributed by atoms with Gasteiger partial charge in [-0.25, -0.2) is 28.8 Å². The number of anilines is 3. The molecule has 0 saturated heterocycles. The number of methoxy groups -OCH3 is 1. The summed E-state index contributed by atoms with van der Waals surface area (Å²) in [5.41, 5.74) is 13.6. The number of ether oxygens (including phenoxy) is 1. The van der Waals surface area contributed by atoms with Crippen molar-refractivity contribution < 1.29 is 18.1 Å². The van der Waals surface area contributed by atoms with Crippen LogP contribution in [-0.2, 0) is 22.1 Å². The Kier molecular flexibility index (Phi) is 7.91. The van der Waals surface area contributed by atoms with Crippen LogP contribution in [0.5, 0.6) is 0 Å². The van der Waals surface area contributed by atoms with E-state index in [1.165, 1.54) is 20.2 Å². The van der Waals surface area contributed by atoms with Gasteiger partial charge in [0.15, 0.2) is 23.1 Å². The Morgan fingerprint density at radius 3 is 2.37 bits per heavy atom. The van der Waals surface area contributed by atoms with Gasteiger partial charge in [0.1, 0.15) is 17.2 Å². The van der Waals surface area contributed by atoms with Crippen LogP contribution in [0, 0.1) is 5.82 Å². The summed E-state index contributed by atoms with van der Waals surface area (Å²) < 4.78 is 30.0. The van der Waals surface area contributed by atoms with E-state index in [1.54, 1.807) is 53.7 Å². The average molecular weight is 501 g/mol. The maximum atomic E-state index is 14.2. The fourth-order valence-corrected chi connectivity index (χ4v) is 3.24. The predicted molar refractivity (Wildman–Crippen MR) is 134 cm³/mol. The van der Waals surface area contributed by atoms with Gasteiger partial charge in [0.05, 0.1) is 19.0 Å². The van der Waals surface area contributed by atoms with Gasteiger partial charge in [-0.15, -0.1) is 0 Å². The maximum absolute atomic E-state index is 14.2. The number of fused-ring (bicyclic) bond motifs is 1. The highest BCUT2D eigenvalue weighted by Crippen LogP contribution is 2.32. The fraction of sp³-hybridized carbons (Fsp3) is 0.227. The molecule has 1 aromatic carbocycles. The van der Waals surface area contributed by atoms with Gasteiger partial charge in [0.2, 0.25) is 0 Å². The Morgan fingerprint density at radius 1 is 1.14 bits per heavy atom. The summed E-state index contributed by atoms with van der Waals surface area (Å²) in [6.07, 6.45) is 4.22. The van der Waals surface area contributed by atoms with E-state index < -0.39 is 16.9 Å². The molecule has 11 nitrogen and oxygen atoms in total. The Balaban J connectivity index is 0.000000795. The van der Waals surface area contributed by atoms with Crippen molar-refractivity contribution in [2.45, 2.75) is 6.54 Å². The number of pyridine rings is 1. The molecule has 0 bridgehead atoms. The molecule has 0 fully saturated rings. The molecule has 0 spiro atoms. The smallest absolute Gasteiger partial charge is 0.413 e. The number of hydrogen-bond acceptors (Lipinski definition) is 9. The first-order chi connectivity index (χ1) is 16.6. The minimum absolute atomic E-state index is 0.0175. The van der Waals surface area contributed by atoms with Crippen molar-refractivity contribution in [1.29, 1.82) is 0 Å². The van der Waals surface area contributed by atoms with Gasteiger partial charge in [-0.1, -0.05) is 18.2 Å². The SMILES string of the molecule is COC(=O)N(C)c1c(N)nc(-c2nn(Cc3ccccc3F)c3ncccc23)nc1N.CS(C)=O. The number of hydrogen-bond donors (Lipinski definition) is 2. The van der Waals surface area contributed by atoms with Gasteiger partial charge in [0.25, 0.3) is 0 Å². The second-order valence-corrected chi connectivity index (χ2v) is 8.89. The number of benzene rings is 1. The highest BCUT2D eigenvalue weighted by atomic mass is 32.2. The number of amides is 1. The molecule has 0 aliphatic rings. The summed E-state index contributed by atoms with van der Waals surface area (Å²) in [5.74, 6) is -0.224. The van der Waals surface area contributed by atoms with Gasteiger partial charge in [0, 0.05) is 42.1 Å². The molecule has 3 heterocycles. The molecule has 4 rings (SSSR count). The first-order valence-electron chi connectivity index (χ1n) is 10.2.